The highest BCUT2D eigenvalue weighted by atomic mass is 16.1. The number of imidazole rings is 1. The third-order valence-corrected chi connectivity index (χ3v) is 4.91. The van der Waals surface area contributed by atoms with Crippen molar-refractivity contribution in [3.63, 3.8) is 0 Å². The van der Waals surface area contributed by atoms with E-state index in [9.17, 15) is 4.79 Å². The van der Waals surface area contributed by atoms with Crippen molar-refractivity contribution in [3.8, 4) is 0 Å². The van der Waals surface area contributed by atoms with Crippen LogP contribution in [-0.4, -0.2) is 40.0 Å². The van der Waals surface area contributed by atoms with E-state index >= 15 is 0 Å². The maximum absolute atomic E-state index is 11.9. The molecule has 0 spiro atoms. The van der Waals surface area contributed by atoms with Crippen molar-refractivity contribution in [3.05, 3.63) is 18.2 Å². The third kappa shape index (κ3) is 3.28. The maximum atomic E-state index is 11.9. The summed E-state index contributed by atoms with van der Waals surface area (Å²) >= 11 is 0. The second kappa shape index (κ2) is 5.44. The van der Waals surface area contributed by atoms with E-state index in [-0.39, 0.29) is 5.91 Å². The number of aromatic nitrogens is 2. The predicted octanol–water partition coefficient (Wildman–Crippen LogP) is 1.57. The molecule has 4 rings (SSSR count). The van der Waals surface area contributed by atoms with Gasteiger partial charge in [0.15, 0.2) is 0 Å². The molecule has 2 fully saturated rings. The first-order chi connectivity index (χ1) is 10.3. The highest BCUT2D eigenvalue weighted by Crippen LogP contribution is 2.33. The number of nitrogens with zero attached hydrogens (tertiary/aromatic N) is 3. The maximum Gasteiger partial charge on any atom is 0.220 e. The Balaban J connectivity index is 1.36. The van der Waals surface area contributed by atoms with Gasteiger partial charge in [0.25, 0.3) is 0 Å². The highest BCUT2D eigenvalue weighted by molar-refractivity contribution is 5.76. The van der Waals surface area contributed by atoms with Crippen LogP contribution >= 0.6 is 0 Å². The SMILES string of the molecule is O=C(CC1CC1)NC[C@H]1CN(CC2CC2)Cc2cncn21. The Morgan fingerprint density at radius 3 is 2.86 bits per heavy atom. The Kier molecular flexibility index (Phi) is 3.45. The summed E-state index contributed by atoms with van der Waals surface area (Å²) < 4.78 is 2.25. The largest absolute Gasteiger partial charge is 0.354 e. The van der Waals surface area contributed by atoms with E-state index < -0.39 is 0 Å². The lowest BCUT2D eigenvalue weighted by atomic mass is 10.1. The molecular weight excluding hydrogens is 264 g/mol. The quantitative estimate of drug-likeness (QED) is 0.864. The van der Waals surface area contributed by atoms with E-state index in [1.54, 1.807) is 0 Å². The topological polar surface area (TPSA) is 50.2 Å². The van der Waals surface area contributed by atoms with Crippen LogP contribution in [0.2, 0.25) is 0 Å². The number of rotatable bonds is 6. The average Bonchev–Trinajstić information content (AvgIpc) is 3.38. The number of carbonyl (C=O) groups is 1. The van der Waals surface area contributed by atoms with Crippen LogP contribution in [0.4, 0.5) is 0 Å². The Labute approximate surface area is 125 Å². The smallest absolute Gasteiger partial charge is 0.220 e. The molecule has 0 aromatic carbocycles. The summed E-state index contributed by atoms with van der Waals surface area (Å²) in [5.41, 5.74) is 1.28. The zero-order valence-corrected chi connectivity index (χ0v) is 12.5. The van der Waals surface area contributed by atoms with Crippen molar-refractivity contribution in [2.75, 3.05) is 19.6 Å². The zero-order valence-electron chi connectivity index (χ0n) is 12.5. The molecule has 0 radical (unpaired) electrons. The van der Waals surface area contributed by atoms with E-state index in [1.807, 2.05) is 12.5 Å². The first-order valence-corrected chi connectivity index (χ1v) is 8.27. The lowest BCUT2D eigenvalue weighted by molar-refractivity contribution is -0.121. The standard InChI is InChI=1S/C16H24N4O/c21-16(5-12-1-2-12)18-7-15-10-19(8-13-3-4-13)9-14-6-17-11-20(14)15/h6,11-13,15H,1-5,7-10H2,(H,18,21)/t15-/m0/s1. The van der Waals surface area contributed by atoms with Gasteiger partial charge in [0.2, 0.25) is 5.91 Å². The highest BCUT2D eigenvalue weighted by Gasteiger charge is 2.30. The van der Waals surface area contributed by atoms with Gasteiger partial charge in [0.05, 0.1) is 18.1 Å². The molecule has 1 atom stereocenters. The van der Waals surface area contributed by atoms with Crippen molar-refractivity contribution >= 4 is 5.91 Å². The summed E-state index contributed by atoms with van der Waals surface area (Å²) in [6, 6.07) is 0.332. The van der Waals surface area contributed by atoms with Gasteiger partial charge in [-0.25, -0.2) is 4.98 Å². The van der Waals surface area contributed by atoms with Crippen LogP contribution in [-0.2, 0) is 11.3 Å². The molecule has 1 aromatic heterocycles. The van der Waals surface area contributed by atoms with Crippen LogP contribution < -0.4 is 5.32 Å². The molecule has 3 aliphatic rings. The number of fused-ring (bicyclic) bond motifs is 1. The van der Waals surface area contributed by atoms with Crippen LogP contribution in [0.1, 0.15) is 43.8 Å². The summed E-state index contributed by atoms with van der Waals surface area (Å²) in [5.74, 6) is 1.79. The van der Waals surface area contributed by atoms with Crippen LogP contribution in [0.3, 0.4) is 0 Å². The minimum absolute atomic E-state index is 0.221. The fourth-order valence-electron chi connectivity index (χ4n) is 3.32. The second-order valence-corrected chi connectivity index (χ2v) is 7.04. The van der Waals surface area contributed by atoms with Gasteiger partial charge in [-0.15, -0.1) is 0 Å². The van der Waals surface area contributed by atoms with Crippen LogP contribution in [0.5, 0.6) is 0 Å². The van der Waals surface area contributed by atoms with Crippen molar-refractivity contribution in [1.29, 1.82) is 0 Å². The molecular formula is C16H24N4O. The van der Waals surface area contributed by atoms with Crippen LogP contribution in [0.15, 0.2) is 12.5 Å². The Hall–Kier alpha value is -1.36. The van der Waals surface area contributed by atoms with E-state index in [1.165, 1.54) is 37.9 Å². The number of nitrogens with one attached hydrogen (secondary N) is 1. The van der Waals surface area contributed by atoms with Gasteiger partial charge in [-0.05, 0) is 37.5 Å². The third-order valence-electron chi connectivity index (χ3n) is 4.91. The van der Waals surface area contributed by atoms with Gasteiger partial charge >= 0.3 is 0 Å². The van der Waals surface area contributed by atoms with Crippen molar-refractivity contribution in [2.45, 2.75) is 44.7 Å². The molecule has 0 saturated heterocycles. The van der Waals surface area contributed by atoms with Gasteiger partial charge in [-0.3, -0.25) is 9.69 Å². The van der Waals surface area contributed by atoms with Gasteiger partial charge < -0.3 is 9.88 Å². The molecule has 0 bridgehead atoms. The molecule has 1 N–H and O–H groups in total. The lowest BCUT2D eigenvalue weighted by Crippen LogP contribution is -2.43. The summed E-state index contributed by atoms with van der Waals surface area (Å²) in [6.45, 7) is 3.97. The van der Waals surface area contributed by atoms with Crippen LogP contribution in [0.25, 0.3) is 0 Å². The van der Waals surface area contributed by atoms with Gasteiger partial charge in [-0.2, -0.15) is 0 Å². The molecule has 114 valence electrons. The Morgan fingerprint density at radius 2 is 2.10 bits per heavy atom. The molecule has 5 heteroatoms. The fraction of sp³-hybridized carbons (Fsp3) is 0.750. The van der Waals surface area contributed by atoms with Gasteiger partial charge in [0, 0.05) is 38.8 Å². The number of carbonyl (C=O) groups excluding carboxylic acids is 1. The molecule has 1 aliphatic heterocycles. The minimum Gasteiger partial charge on any atom is -0.354 e. The number of hydrogen-bond donors (Lipinski definition) is 1. The molecule has 2 aliphatic carbocycles. The van der Waals surface area contributed by atoms with Crippen molar-refractivity contribution in [2.24, 2.45) is 11.8 Å². The summed E-state index contributed by atoms with van der Waals surface area (Å²) in [5, 5.41) is 3.13. The summed E-state index contributed by atoms with van der Waals surface area (Å²) in [4.78, 5) is 18.7. The Morgan fingerprint density at radius 1 is 1.29 bits per heavy atom. The van der Waals surface area contributed by atoms with E-state index in [2.05, 4.69) is 19.8 Å². The molecule has 1 amide bonds. The summed E-state index contributed by atoms with van der Waals surface area (Å²) in [7, 11) is 0. The normalized spacial score (nSPS) is 25.6. The van der Waals surface area contributed by atoms with Crippen molar-refractivity contribution in [1.82, 2.24) is 19.8 Å². The number of amides is 1. The Bertz CT molecular complexity index is 518. The molecule has 0 unspecified atom stereocenters. The first kappa shape index (κ1) is 13.3. The average molecular weight is 288 g/mol. The van der Waals surface area contributed by atoms with E-state index in [0.717, 1.165) is 32.0 Å². The molecule has 2 heterocycles. The van der Waals surface area contributed by atoms with E-state index in [0.29, 0.717) is 12.0 Å². The first-order valence-electron chi connectivity index (χ1n) is 8.27. The van der Waals surface area contributed by atoms with Crippen molar-refractivity contribution < 1.29 is 4.79 Å². The fourth-order valence-corrected chi connectivity index (χ4v) is 3.32. The van der Waals surface area contributed by atoms with E-state index in [4.69, 9.17) is 0 Å². The minimum atomic E-state index is 0.221. The lowest BCUT2D eigenvalue weighted by Gasteiger charge is -2.34. The molecule has 2 saturated carbocycles. The second-order valence-electron chi connectivity index (χ2n) is 7.04. The summed E-state index contributed by atoms with van der Waals surface area (Å²) in [6.07, 6.45) is 9.85. The molecule has 5 nitrogen and oxygen atoms in total. The van der Waals surface area contributed by atoms with Gasteiger partial charge in [0.1, 0.15) is 0 Å². The van der Waals surface area contributed by atoms with Gasteiger partial charge in [-0.1, -0.05) is 0 Å². The number of hydrogen-bond acceptors (Lipinski definition) is 3. The molecule has 21 heavy (non-hydrogen) atoms. The monoisotopic (exact) mass is 288 g/mol. The van der Waals surface area contributed by atoms with Crippen LogP contribution in [0, 0.1) is 11.8 Å². The predicted molar refractivity (Wildman–Crippen MR) is 79.6 cm³/mol. The zero-order chi connectivity index (χ0) is 14.2. The molecule has 1 aromatic rings.